The third-order valence-electron chi connectivity index (χ3n) is 6.16. The number of ether oxygens (including phenoxy) is 1. The first kappa shape index (κ1) is 24.9. The quantitative estimate of drug-likeness (QED) is 0.295. The van der Waals surface area contributed by atoms with Gasteiger partial charge in [-0.1, -0.05) is 6.07 Å². The molecule has 1 fully saturated rings. The predicted octanol–water partition coefficient (Wildman–Crippen LogP) is 1.61. The number of nitrogens with one attached hydrogen (secondary N) is 3. The molecule has 38 heavy (non-hydrogen) atoms. The highest BCUT2D eigenvalue weighted by Crippen LogP contribution is 2.34. The van der Waals surface area contributed by atoms with Crippen molar-refractivity contribution in [3.05, 3.63) is 60.7 Å². The number of nitrogens with zero attached hydrogens (tertiary/aromatic N) is 8. The molecule has 196 valence electrons. The van der Waals surface area contributed by atoms with Crippen molar-refractivity contribution >= 4 is 28.9 Å². The highest BCUT2D eigenvalue weighted by Gasteiger charge is 2.17. The van der Waals surface area contributed by atoms with Crippen LogP contribution in [0.2, 0.25) is 0 Å². The normalized spacial score (nSPS) is 13.2. The summed E-state index contributed by atoms with van der Waals surface area (Å²) in [6.45, 7) is 3.85. The lowest BCUT2D eigenvalue weighted by molar-refractivity contribution is 0.0956. The maximum Gasteiger partial charge on any atom is 0.290 e. The van der Waals surface area contributed by atoms with E-state index in [0.29, 0.717) is 28.6 Å². The third-order valence-corrected chi connectivity index (χ3v) is 6.16. The maximum atomic E-state index is 12.7. The molecule has 1 amide bonds. The molecule has 4 heterocycles. The monoisotopic (exact) mass is 515 g/mol. The maximum absolute atomic E-state index is 12.7. The number of hydrogen-bond donors (Lipinski definition) is 3. The number of benzene rings is 1. The van der Waals surface area contributed by atoms with Gasteiger partial charge in [0, 0.05) is 40.3 Å². The summed E-state index contributed by atoms with van der Waals surface area (Å²) in [7, 11) is 5.19. The van der Waals surface area contributed by atoms with Gasteiger partial charge in [0.2, 0.25) is 0 Å². The van der Waals surface area contributed by atoms with Gasteiger partial charge in [0.15, 0.2) is 23.1 Å². The highest BCUT2D eigenvalue weighted by molar-refractivity contribution is 5.93. The molecule has 1 aliphatic heterocycles. The second-order valence-electron chi connectivity index (χ2n) is 8.65. The van der Waals surface area contributed by atoms with E-state index in [-0.39, 0.29) is 5.69 Å². The number of rotatable bonds is 8. The van der Waals surface area contributed by atoms with Gasteiger partial charge < -0.3 is 19.9 Å². The first-order valence-electron chi connectivity index (χ1n) is 12.1. The number of pyridine rings is 1. The zero-order chi connectivity index (χ0) is 26.5. The van der Waals surface area contributed by atoms with Gasteiger partial charge in [0.25, 0.3) is 5.91 Å². The Hall–Kier alpha value is -4.78. The van der Waals surface area contributed by atoms with Crippen LogP contribution in [0.3, 0.4) is 0 Å². The van der Waals surface area contributed by atoms with Crippen molar-refractivity contribution in [1.29, 1.82) is 0 Å². The van der Waals surface area contributed by atoms with Gasteiger partial charge in [-0.3, -0.25) is 20.3 Å². The number of carbonyl (C=O) groups excluding carboxylic acids is 1. The molecule has 0 unspecified atom stereocenters. The van der Waals surface area contributed by atoms with E-state index < -0.39 is 5.91 Å². The van der Waals surface area contributed by atoms with Crippen LogP contribution in [0, 0.1) is 0 Å². The third kappa shape index (κ3) is 5.32. The van der Waals surface area contributed by atoms with E-state index in [1.807, 2.05) is 36.3 Å². The molecule has 4 aromatic rings. The lowest BCUT2D eigenvalue weighted by Crippen LogP contribution is -2.43. The Balaban J connectivity index is 1.23. The van der Waals surface area contributed by atoms with Crippen molar-refractivity contribution in [2.75, 3.05) is 55.6 Å². The first-order chi connectivity index (χ1) is 18.5. The van der Waals surface area contributed by atoms with E-state index in [2.05, 4.69) is 52.4 Å². The number of aromatic nitrogens is 6. The van der Waals surface area contributed by atoms with E-state index in [0.717, 1.165) is 37.7 Å². The van der Waals surface area contributed by atoms with Crippen molar-refractivity contribution in [3.8, 4) is 17.1 Å². The number of para-hydroxylation sites is 1. The average Bonchev–Trinajstić information content (AvgIpc) is 3.41. The molecule has 3 N–H and O–H groups in total. The van der Waals surface area contributed by atoms with Gasteiger partial charge in [-0.2, -0.15) is 5.10 Å². The van der Waals surface area contributed by atoms with E-state index in [1.54, 1.807) is 43.4 Å². The number of piperazine rings is 1. The molecule has 0 spiro atoms. The topological polar surface area (TPSA) is 138 Å². The Bertz CT molecular complexity index is 1380. The number of anilines is 4. The SMILES string of the molecule is COc1c(NNC(=O)c2ccc(N(C)c3ccc(N4CCNCC4)cn3)nn2)cccc1-c1ncn(C)n1. The van der Waals surface area contributed by atoms with Gasteiger partial charge >= 0.3 is 0 Å². The number of amides is 1. The predicted molar refractivity (Wildman–Crippen MR) is 143 cm³/mol. The highest BCUT2D eigenvalue weighted by atomic mass is 16.5. The number of aryl methyl sites for hydroxylation is 1. The Kier molecular flexibility index (Phi) is 7.26. The number of carbonyl (C=O) groups is 1. The lowest BCUT2D eigenvalue weighted by Gasteiger charge is -2.29. The minimum atomic E-state index is -0.450. The van der Waals surface area contributed by atoms with Crippen molar-refractivity contribution in [2.24, 2.45) is 7.05 Å². The number of hydrogen-bond acceptors (Lipinski definition) is 11. The van der Waals surface area contributed by atoms with Crippen molar-refractivity contribution < 1.29 is 9.53 Å². The van der Waals surface area contributed by atoms with Crippen molar-refractivity contribution in [2.45, 2.75) is 0 Å². The van der Waals surface area contributed by atoms with Crippen LogP contribution in [0.4, 0.5) is 23.0 Å². The standard InChI is InChI=1S/C25H29N11O2/c1-34-16-28-24(33-34)18-5-4-6-19(23(18)38-3)29-32-25(37)20-8-10-22(31-30-20)35(2)21-9-7-17(15-27-21)36-13-11-26-12-14-36/h4-10,15-16,26,29H,11-14H2,1-3H3,(H,32,37). The molecule has 0 aliphatic carbocycles. The second-order valence-corrected chi connectivity index (χ2v) is 8.65. The van der Waals surface area contributed by atoms with Gasteiger partial charge in [0.05, 0.1) is 30.2 Å². The van der Waals surface area contributed by atoms with Crippen molar-refractivity contribution in [1.82, 2.24) is 40.7 Å². The molecular formula is C25H29N11O2. The summed E-state index contributed by atoms with van der Waals surface area (Å²) in [6.07, 6.45) is 3.47. The van der Waals surface area contributed by atoms with E-state index in [1.165, 1.54) is 0 Å². The Labute approximate surface area is 219 Å². The van der Waals surface area contributed by atoms with Crippen molar-refractivity contribution in [3.63, 3.8) is 0 Å². The fourth-order valence-electron chi connectivity index (χ4n) is 4.11. The molecular weight excluding hydrogens is 486 g/mol. The van der Waals surface area contributed by atoms with Gasteiger partial charge in [-0.25, -0.2) is 9.97 Å². The molecule has 3 aromatic heterocycles. The second kappa shape index (κ2) is 11.1. The van der Waals surface area contributed by atoms with E-state index >= 15 is 0 Å². The van der Waals surface area contributed by atoms with E-state index in [4.69, 9.17) is 4.74 Å². The minimum Gasteiger partial charge on any atom is -0.494 e. The molecule has 1 aliphatic rings. The summed E-state index contributed by atoms with van der Waals surface area (Å²) >= 11 is 0. The fourth-order valence-corrected chi connectivity index (χ4v) is 4.11. The summed E-state index contributed by atoms with van der Waals surface area (Å²) in [6, 6.07) is 12.8. The molecule has 1 saturated heterocycles. The number of methoxy groups -OCH3 is 1. The fraction of sp³-hybridized carbons (Fsp3) is 0.280. The van der Waals surface area contributed by atoms with Crippen LogP contribution in [0.15, 0.2) is 55.0 Å². The van der Waals surface area contributed by atoms with Crippen LogP contribution in [-0.2, 0) is 7.05 Å². The molecule has 0 radical (unpaired) electrons. The molecule has 1 aromatic carbocycles. The molecule has 13 nitrogen and oxygen atoms in total. The van der Waals surface area contributed by atoms with Crippen LogP contribution in [0.5, 0.6) is 5.75 Å². The molecule has 5 rings (SSSR count). The molecule has 13 heteroatoms. The molecule has 0 atom stereocenters. The summed E-state index contributed by atoms with van der Waals surface area (Å²) in [5.74, 6) is 1.85. The van der Waals surface area contributed by atoms with Crippen LogP contribution in [0.1, 0.15) is 10.5 Å². The minimum absolute atomic E-state index is 0.151. The zero-order valence-corrected chi connectivity index (χ0v) is 21.4. The first-order valence-corrected chi connectivity index (χ1v) is 12.1. The van der Waals surface area contributed by atoms with Gasteiger partial charge in [-0.15, -0.1) is 10.2 Å². The summed E-state index contributed by atoms with van der Waals surface area (Å²) in [5, 5.41) is 16.0. The summed E-state index contributed by atoms with van der Waals surface area (Å²) in [4.78, 5) is 25.7. The van der Waals surface area contributed by atoms with Crippen LogP contribution < -0.4 is 30.7 Å². The smallest absolute Gasteiger partial charge is 0.290 e. The summed E-state index contributed by atoms with van der Waals surface area (Å²) < 4.78 is 7.16. The lowest BCUT2D eigenvalue weighted by atomic mass is 10.1. The van der Waals surface area contributed by atoms with Gasteiger partial charge in [0.1, 0.15) is 12.1 Å². The average molecular weight is 516 g/mol. The number of hydrazine groups is 1. The largest absolute Gasteiger partial charge is 0.494 e. The molecule has 0 saturated carbocycles. The van der Waals surface area contributed by atoms with Crippen LogP contribution in [-0.4, -0.2) is 76.2 Å². The zero-order valence-electron chi connectivity index (χ0n) is 21.4. The molecule has 0 bridgehead atoms. The Morgan fingerprint density at radius 2 is 1.87 bits per heavy atom. The van der Waals surface area contributed by atoms with E-state index in [9.17, 15) is 4.79 Å². The Morgan fingerprint density at radius 1 is 1.05 bits per heavy atom. The Morgan fingerprint density at radius 3 is 2.53 bits per heavy atom. The van der Waals surface area contributed by atoms with Gasteiger partial charge in [-0.05, 0) is 36.4 Å². The summed E-state index contributed by atoms with van der Waals surface area (Å²) in [5.41, 5.74) is 8.01. The van der Waals surface area contributed by atoms with Crippen LogP contribution in [0.25, 0.3) is 11.4 Å². The van der Waals surface area contributed by atoms with Crippen LogP contribution >= 0.6 is 0 Å².